The van der Waals surface area contributed by atoms with Crippen molar-refractivity contribution >= 4 is 0 Å². The zero-order valence-electron chi connectivity index (χ0n) is 6.61. The van der Waals surface area contributed by atoms with Gasteiger partial charge in [-0.15, -0.1) is 0 Å². The van der Waals surface area contributed by atoms with Gasteiger partial charge < -0.3 is 4.74 Å². The van der Waals surface area contributed by atoms with Crippen LogP contribution < -0.4 is 4.74 Å². The summed E-state index contributed by atoms with van der Waals surface area (Å²) in [6, 6.07) is 3.57. The van der Waals surface area contributed by atoms with Crippen LogP contribution in [0.3, 0.4) is 0 Å². The molecule has 1 aromatic rings. The first-order valence-electron chi connectivity index (χ1n) is 4.05. The van der Waals surface area contributed by atoms with E-state index < -0.39 is 6.17 Å². The molecule has 64 valence electrons. The van der Waals surface area contributed by atoms with Crippen molar-refractivity contribution in [1.82, 2.24) is 4.98 Å². The Morgan fingerprint density at radius 1 is 1.33 bits per heavy atom. The predicted octanol–water partition coefficient (Wildman–Crippen LogP) is 1.96. The lowest BCUT2D eigenvalue weighted by Crippen LogP contribution is -2.34. The van der Waals surface area contributed by atoms with Gasteiger partial charge in [-0.05, 0) is 12.1 Å². The molecule has 0 amide bonds. The van der Waals surface area contributed by atoms with Crippen LogP contribution in [0.25, 0.3) is 0 Å². The van der Waals surface area contributed by atoms with Crippen LogP contribution in [0, 0.1) is 0 Å². The fraction of sp³-hybridized carbons (Fsp3) is 0.444. The second-order valence-electron chi connectivity index (χ2n) is 2.99. The molecule has 0 saturated heterocycles. The highest BCUT2D eigenvalue weighted by molar-refractivity contribution is 5.17. The molecule has 2 rings (SSSR count). The van der Waals surface area contributed by atoms with Crippen molar-refractivity contribution in [2.45, 2.75) is 25.1 Å². The van der Waals surface area contributed by atoms with Crippen molar-refractivity contribution < 1.29 is 9.13 Å². The highest BCUT2D eigenvalue weighted by Gasteiger charge is 2.30. The Bertz CT molecular complexity index is 246. The highest BCUT2D eigenvalue weighted by Crippen LogP contribution is 2.27. The van der Waals surface area contributed by atoms with Gasteiger partial charge in [0.15, 0.2) is 0 Å². The van der Waals surface area contributed by atoms with E-state index in [2.05, 4.69) is 4.98 Å². The summed E-state index contributed by atoms with van der Waals surface area (Å²) >= 11 is 0. The maximum absolute atomic E-state index is 12.4. The molecule has 0 spiro atoms. The maximum Gasteiger partial charge on any atom is 0.122 e. The number of alkyl halides is 1. The van der Waals surface area contributed by atoms with Crippen LogP contribution in [0.5, 0.6) is 5.75 Å². The molecule has 1 saturated carbocycles. The lowest BCUT2D eigenvalue weighted by Gasteiger charge is -2.29. The smallest absolute Gasteiger partial charge is 0.122 e. The summed E-state index contributed by atoms with van der Waals surface area (Å²) in [5.41, 5.74) is 0. The molecule has 1 aromatic heterocycles. The number of nitrogens with zero attached hydrogens (tertiary/aromatic N) is 1. The van der Waals surface area contributed by atoms with Gasteiger partial charge in [-0.3, -0.25) is 4.98 Å². The van der Waals surface area contributed by atoms with Crippen LogP contribution in [0.15, 0.2) is 24.5 Å². The van der Waals surface area contributed by atoms with Gasteiger partial charge in [0.1, 0.15) is 18.0 Å². The number of pyridine rings is 1. The first-order chi connectivity index (χ1) is 5.84. The molecule has 0 unspecified atom stereocenters. The summed E-state index contributed by atoms with van der Waals surface area (Å²) in [5.74, 6) is 0.780. The summed E-state index contributed by atoms with van der Waals surface area (Å²) < 4.78 is 17.8. The fourth-order valence-electron chi connectivity index (χ4n) is 1.21. The van der Waals surface area contributed by atoms with Gasteiger partial charge in [0.25, 0.3) is 0 Å². The standard InChI is InChI=1S/C9H10FNO/c10-7-5-9(6-7)12-8-1-3-11-4-2-8/h1-4,7,9H,5-6H2. The van der Waals surface area contributed by atoms with Crippen molar-refractivity contribution in [2.75, 3.05) is 0 Å². The van der Waals surface area contributed by atoms with E-state index in [1.54, 1.807) is 24.5 Å². The number of halogens is 1. The van der Waals surface area contributed by atoms with Crippen LogP contribution >= 0.6 is 0 Å². The lowest BCUT2D eigenvalue weighted by atomic mass is 9.94. The summed E-state index contributed by atoms with van der Waals surface area (Å²) in [4.78, 5) is 3.86. The van der Waals surface area contributed by atoms with Crippen molar-refractivity contribution in [2.24, 2.45) is 0 Å². The number of aromatic nitrogens is 1. The molecule has 0 N–H and O–H groups in total. The molecule has 0 aliphatic heterocycles. The van der Waals surface area contributed by atoms with Gasteiger partial charge in [0.05, 0.1) is 0 Å². The van der Waals surface area contributed by atoms with Gasteiger partial charge in [-0.25, -0.2) is 4.39 Å². The molecule has 3 heteroatoms. The normalized spacial score (nSPS) is 27.8. The van der Waals surface area contributed by atoms with Crippen LogP contribution in [-0.4, -0.2) is 17.3 Å². The quantitative estimate of drug-likeness (QED) is 0.671. The fourth-order valence-corrected chi connectivity index (χ4v) is 1.21. The second kappa shape index (κ2) is 3.09. The van der Waals surface area contributed by atoms with E-state index in [0.29, 0.717) is 12.8 Å². The molecule has 1 heterocycles. The van der Waals surface area contributed by atoms with Crippen LogP contribution in [0.4, 0.5) is 4.39 Å². The number of ether oxygens (including phenoxy) is 1. The van der Waals surface area contributed by atoms with E-state index in [0.717, 1.165) is 5.75 Å². The van der Waals surface area contributed by atoms with E-state index in [1.807, 2.05) is 0 Å². The Balaban J connectivity index is 1.88. The minimum atomic E-state index is -0.656. The van der Waals surface area contributed by atoms with E-state index >= 15 is 0 Å². The summed E-state index contributed by atoms with van der Waals surface area (Å²) in [6.07, 6.45) is 3.81. The third kappa shape index (κ3) is 1.55. The zero-order chi connectivity index (χ0) is 8.39. The average Bonchev–Trinajstić information content (AvgIpc) is 2.04. The van der Waals surface area contributed by atoms with Crippen LogP contribution in [0.2, 0.25) is 0 Å². The minimum absolute atomic E-state index is 0.0717. The molecule has 1 aliphatic rings. The van der Waals surface area contributed by atoms with Crippen molar-refractivity contribution in [3.63, 3.8) is 0 Å². The molecule has 0 radical (unpaired) electrons. The molecule has 2 nitrogen and oxygen atoms in total. The molecule has 0 aromatic carbocycles. The Hall–Kier alpha value is -1.12. The Kier molecular flexibility index (Phi) is 1.94. The van der Waals surface area contributed by atoms with Crippen molar-refractivity contribution in [3.8, 4) is 5.75 Å². The van der Waals surface area contributed by atoms with Crippen molar-refractivity contribution in [3.05, 3.63) is 24.5 Å². The molecule has 0 atom stereocenters. The average molecular weight is 167 g/mol. The Morgan fingerprint density at radius 2 is 2.00 bits per heavy atom. The van der Waals surface area contributed by atoms with E-state index in [1.165, 1.54) is 0 Å². The summed E-state index contributed by atoms with van der Waals surface area (Å²) in [7, 11) is 0. The van der Waals surface area contributed by atoms with E-state index in [9.17, 15) is 4.39 Å². The molecular weight excluding hydrogens is 157 g/mol. The predicted molar refractivity (Wildman–Crippen MR) is 42.8 cm³/mol. The van der Waals surface area contributed by atoms with Crippen molar-refractivity contribution in [1.29, 1.82) is 0 Å². The largest absolute Gasteiger partial charge is 0.490 e. The molecule has 1 aliphatic carbocycles. The minimum Gasteiger partial charge on any atom is -0.490 e. The van der Waals surface area contributed by atoms with E-state index in [-0.39, 0.29) is 6.10 Å². The number of hydrogen-bond acceptors (Lipinski definition) is 2. The Morgan fingerprint density at radius 3 is 2.58 bits per heavy atom. The Labute approximate surface area is 70.4 Å². The first-order valence-corrected chi connectivity index (χ1v) is 4.05. The highest BCUT2D eigenvalue weighted by atomic mass is 19.1. The second-order valence-corrected chi connectivity index (χ2v) is 2.99. The monoisotopic (exact) mass is 167 g/mol. The van der Waals surface area contributed by atoms with Gasteiger partial charge >= 0.3 is 0 Å². The first kappa shape index (κ1) is 7.53. The third-order valence-electron chi connectivity index (χ3n) is 1.99. The van der Waals surface area contributed by atoms with Crippen LogP contribution in [-0.2, 0) is 0 Å². The van der Waals surface area contributed by atoms with Gasteiger partial charge in [-0.1, -0.05) is 0 Å². The van der Waals surface area contributed by atoms with Gasteiger partial charge in [0, 0.05) is 25.2 Å². The molecular formula is C9H10FNO. The summed E-state index contributed by atoms with van der Waals surface area (Å²) in [6.45, 7) is 0. The molecule has 0 bridgehead atoms. The molecule has 12 heavy (non-hydrogen) atoms. The van der Waals surface area contributed by atoms with E-state index in [4.69, 9.17) is 4.74 Å². The zero-order valence-corrected chi connectivity index (χ0v) is 6.61. The van der Waals surface area contributed by atoms with Crippen LogP contribution in [0.1, 0.15) is 12.8 Å². The summed E-state index contributed by atoms with van der Waals surface area (Å²) in [5, 5.41) is 0. The third-order valence-corrected chi connectivity index (χ3v) is 1.99. The van der Waals surface area contributed by atoms with Gasteiger partial charge in [-0.2, -0.15) is 0 Å². The molecule has 1 fully saturated rings. The maximum atomic E-state index is 12.4. The number of hydrogen-bond donors (Lipinski definition) is 0. The lowest BCUT2D eigenvalue weighted by molar-refractivity contribution is 0.0409. The number of rotatable bonds is 2. The van der Waals surface area contributed by atoms with Gasteiger partial charge in [0.2, 0.25) is 0 Å². The topological polar surface area (TPSA) is 22.1 Å². The SMILES string of the molecule is FC1CC(Oc2ccncc2)C1.